The highest BCUT2D eigenvalue weighted by Crippen LogP contribution is 2.19. The second kappa shape index (κ2) is 8.58. The Hall–Kier alpha value is -1.82. The van der Waals surface area contributed by atoms with E-state index in [1.54, 1.807) is 17.0 Å². The van der Waals surface area contributed by atoms with Crippen LogP contribution in [-0.2, 0) is 9.59 Å². The van der Waals surface area contributed by atoms with Gasteiger partial charge in [0.05, 0.1) is 17.8 Å². The molecule has 2 rings (SSSR count). The summed E-state index contributed by atoms with van der Waals surface area (Å²) < 4.78 is 0. The quantitative estimate of drug-likeness (QED) is 0.886. The highest BCUT2D eigenvalue weighted by molar-refractivity contribution is 5.93. The summed E-state index contributed by atoms with van der Waals surface area (Å²) in [6.45, 7) is 3.25. The lowest BCUT2D eigenvalue weighted by atomic mass is 9.96. The van der Waals surface area contributed by atoms with Crippen LogP contribution in [0.4, 0.5) is 11.5 Å². The number of amides is 2. The van der Waals surface area contributed by atoms with Crippen molar-refractivity contribution in [3.63, 3.8) is 0 Å². The summed E-state index contributed by atoms with van der Waals surface area (Å²) >= 11 is 0. The van der Waals surface area contributed by atoms with E-state index < -0.39 is 0 Å². The van der Waals surface area contributed by atoms with Crippen LogP contribution in [0.25, 0.3) is 0 Å². The second-order valence-corrected chi connectivity index (χ2v) is 5.39. The summed E-state index contributed by atoms with van der Waals surface area (Å²) in [5.74, 6) is 0.346. The van der Waals surface area contributed by atoms with Crippen molar-refractivity contribution in [2.45, 2.75) is 32.6 Å². The first-order valence-corrected chi connectivity index (χ1v) is 7.40. The molecule has 0 aliphatic carbocycles. The van der Waals surface area contributed by atoms with Crippen molar-refractivity contribution in [1.82, 2.24) is 9.88 Å². The van der Waals surface area contributed by atoms with Crippen molar-refractivity contribution in [2.24, 2.45) is 5.92 Å². The van der Waals surface area contributed by atoms with Crippen LogP contribution in [0.2, 0.25) is 0 Å². The topological polar surface area (TPSA) is 88.3 Å². The monoisotopic (exact) mass is 326 g/mol. The fraction of sp³-hybridized carbons (Fsp3) is 0.533. The molecule has 1 atom stereocenters. The van der Waals surface area contributed by atoms with Crippen LogP contribution >= 0.6 is 12.4 Å². The lowest BCUT2D eigenvalue weighted by molar-refractivity contribution is -0.134. The molecule has 1 aromatic rings. The largest absolute Gasteiger partial charge is 0.384 e. The fourth-order valence-corrected chi connectivity index (χ4v) is 2.51. The maximum Gasteiger partial charge on any atom is 0.229 e. The maximum absolute atomic E-state index is 12.3. The van der Waals surface area contributed by atoms with Gasteiger partial charge in [0.1, 0.15) is 5.82 Å². The molecule has 1 saturated heterocycles. The summed E-state index contributed by atoms with van der Waals surface area (Å²) in [6.07, 6.45) is 4.60. The van der Waals surface area contributed by atoms with Crippen molar-refractivity contribution < 1.29 is 9.59 Å². The number of anilines is 2. The van der Waals surface area contributed by atoms with Gasteiger partial charge in [0, 0.05) is 19.5 Å². The van der Waals surface area contributed by atoms with E-state index in [4.69, 9.17) is 5.73 Å². The molecule has 1 unspecified atom stereocenters. The number of piperidine rings is 1. The number of nitrogens with one attached hydrogen (secondary N) is 1. The predicted octanol–water partition coefficient (Wildman–Crippen LogP) is 2.06. The zero-order valence-electron chi connectivity index (χ0n) is 12.7. The number of aromatic nitrogens is 1. The van der Waals surface area contributed by atoms with Gasteiger partial charge in [-0.1, -0.05) is 6.92 Å². The van der Waals surface area contributed by atoms with Gasteiger partial charge in [-0.2, -0.15) is 0 Å². The number of halogens is 1. The van der Waals surface area contributed by atoms with E-state index in [1.165, 1.54) is 6.20 Å². The fourth-order valence-electron chi connectivity index (χ4n) is 2.51. The standard InChI is InChI=1S/C15H22N4O2.ClH/c1-2-4-14(20)19-8-3-5-11(10-19)15(21)18-12-6-7-13(16)17-9-12;/h6-7,9,11H,2-5,8,10H2,1H3,(H2,16,17)(H,18,21);1H. The van der Waals surface area contributed by atoms with Crippen LogP contribution in [0.15, 0.2) is 18.3 Å². The average molecular weight is 327 g/mol. The zero-order chi connectivity index (χ0) is 15.2. The molecule has 22 heavy (non-hydrogen) atoms. The lowest BCUT2D eigenvalue weighted by Crippen LogP contribution is -2.43. The molecule has 0 saturated carbocycles. The summed E-state index contributed by atoms with van der Waals surface area (Å²) in [5, 5.41) is 2.84. The van der Waals surface area contributed by atoms with E-state index in [-0.39, 0.29) is 30.1 Å². The molecule has 0 spiro atoms. The minimum absolute atomic E-state index is 0. The molecule has 2 amide bonds. The third-order valence-electron chi connectivity index (χ3n) is 3.66. The number of nitrogens with zero attached hydrogens (tertiary/aromatic N) is 2. The number of carbonyl (C=O) groups excluding carboxylic acids is 2. The maximum atomic E-state index is 12.3. The summed E-state index contributed by atoms with van der Waals surface area (Å²) in [5.41, 5.74) is 6.14. The number of nitrogen functional groups attached to an aromatic ring is 1. The first-order chi connectivity index (χ1) is 10.1. The molecule has 0 bridgehead atoms. The van der Waals surface area contributed by atoms with Gasteiger partial charge in [-0.05, 0) is 31.4 Å². The normalized spacial score (nSPS) is 17.5. The number of rotatable bonds is 4. The number of nitrogens with two attached hydrogens (primary N) is 1. The molecule has 1 fully saturated rings. The van der Waals surface area contributed by atoms with Crippen LogP contribution in [0.1, 0.15) is 32.6 Å². The van der Waals surface area contributed by atoms with Gasteiger partial charge in [0.25, 0.3) is 0 Å². The highest BCUT2D eigenvalue weighted by Gasteiger charge is 2.28. The van der Waals surface area contributed by atoms with Gasteiger partial charge in [-0.25, -0.2) is 4.98 Å². The van der Waals surface area contributed by atoms with E-state index in [1.807, 2.05) is 6.92 Å². The van der Waals surface area contributed by atoms with Crippen LogP contribution < -0.4 is 11.1 Å². The van der Waals surface area contributed by atoms with Gasteiger partial charge < -0.3 is 16.0 Å². The Morgan fingerprint density at radius 3 is 2.86 bits per heavy atom. The molecular formula is C15H23ClN4O2. The van der Waals surface area contributed by atoms with Gasteiger partial charge >= 0.3 is 0 Å². The van der Waals surface area contributed by atoms with E-state index in [9.17, 15) is 9.59 Å². The number of hydrogen-bond acceptors (Lipinski definition) is 4. The van der Waals surface area contributed by atoms with Crippen LogP contribution in [0.3, 0.4) is 0 Å². The van der Waals surface area contributed by atoms with Gasteiger partial charge in [-0.15, -0.1) is 12.4 Å². The summed E-state index contributed by atoms with van der Waals surface area (Å²) in [7, 11) is 0. The molecule has 3 N–H and O–H groups in total. The average Bonchev–Trinajstić information content (AvgIpc) is 2.50. The van der Waals surface area contributed by atoms with E-state index >= 15 is 0 Å². The van der Waals surface area contributed by atoms with Crippen LogP contribution in [0.5, 0.6) is 0 Å². The molecular weight excluding hydrogens is 304 g/mol. The Kier molecular flexibility index (Phi) is 7.11. The van der Waals surface area contributed by atoms with Crippen molar-refractivity contribution >= 4 is 35.7 Å². The molecule has 1 aliphatic rings. The Morgan fingerprint density at radius 1 is 1.45 bits per heavy atom. The van der Waals surface area contributed by atoms with E-state index in [0.717, 1.165) is 25.8 Å². The number of likely N-dealkylation sites (tertiary alicyclic amines) is 1. The van der Waals surface area contributed by atoms with Crippen molar-refractivity contribution in [1.29, 1.82) is 0 Å². The first-order valence-electron chi connectivity index (χ1n) is 7.40. The molecule has 0 radical (unpaired) electrons. The lowest BCUT2D eigenvalue weighted by Gasteiger charge is -2.32. The second-order valence-electron chi connectivity index (χ2n) is 5.39. The molecule has 1 aromatic heterocycles. The van der Waals surface area contributed by atoms with Crippen molar-refractivity contribution in [2.75, 3.05) is 24.1 Å². The Bertz CT molecular complexity index is 507. The van der Waals surface area contributed by atoms with Crippen molar-refractivity contribution in [3.05, 3.63) is 18.3 Å². The summed E-state index contributed by atoms with van der Waals surface area (Å²) in [4.78, 5) is 30.0. The van der Waals surface area contributed by atoms with E-state index in [2.05, 4.69) is 10.3 Å². The number of hydrogen-bond donors (Lipinski definition) is 2. The Labute approximate surface area is 136 Å². The van der Waals surface area contributed by atoms with E-state index in [0.29, 0.717) is 24.5 Å². The smallest absolute Gasteiger partial charge is 0.229 e. The molecule has 2 heterocycles. The minimum Gasteiger partial charge on any atom is -0.384 e. The van der Waals surface area contributed by atoms with Gasteiger partial charge in [0.15, 0.2) is 0 Å². The molecule has 6 nitrogen and oxygen atoms in total. The third kappa shape index (κ3) is 4.87. The van der Waals surface area contributed by atoms with Gasteiger partial charge in [-0.3, -0.25) is 9.59 Å². The van der Waals surface area contributed by atoms with Crippen molar-refractivity contribution in [3.8, 4) is 0 Å². The number of pyridine rings is 1. The Morgan fingerprint density at radius 2 is 2.23 bits per heavy atom. The zero-order valence-corrected chi connectivity index (χ0v) is 13.6. The number of carbonyl (C=O) groups is 2. The predicted molar refractivity (Wildman–Crippen MR) is 88.7 cm³/mol. The highest BCUT2D eigenvalue weighted by atomic mass is 35.5. The molecule has 7 heteroatoms. The summed E-state index contributed by atoms with van der Waals surface area (Å²) in [6, 6.07) is 3.37. The SMILES string of the molecule is CCCC(=O)N1CCCC(C(=O)Nc2ccc(N)nc2)C1.Cl. The van der Waals surface area contributed by atoms with Crippen LogP contribution in [0, 0.1) is 5.92 Å². The molecule has 1 aliphatic heterocycles. The van der Waals surface area contributed by atoms with Crippen LogP contribution in [-0.4, -0.2) is 34.8 Å². The minimum atomic E-state index is -0.155. The molecule has 122 valence electrons. The Balaban J connectivity index is 0.00000242. The third-order valence-corrected chi connectivity index (χ3v) is 3.66. The first kappa shape index (κ1) is 18.2. The molecule has 0 aromatic carbocycles. The van der Waals surface area contributed by atoms with Gasteiger partial charge in [0.2, 0.25) is 11.8 Å².